The maximum Gasteiger partial charge on any atom is 0.240 e. The Hall–Kier alpha value is -2.54. The van der Waals surface area contributed by atoms with Gasteiger partial charge in [-0.1, -0.05) is 29.8 Å². The van der Waals surface area contributed by atoms with Crippen molar-refractivity contribution in [2.24, 2.45) is 23.7 Å². The molecule has 4 heterocycles. The first-order chi connectivity index (χ1) is 15.7. The number of amides is 2. The highest BCUT2D eigenvalue weighted by molar-refractivity contribution is 6.23. The summed E-state index contributed by atoms with van der Waals surface area (Å²) in [6, 6.07) is 1.26. The lowest BCUT2D eigenvalue weighted by atomic mass is 9.61. The van der Waals surface area contributed by atoms with Crippen molar-refractivity contribution in [1.29, 1.82) is 0 Å². The number of anilines is 1. The Bertz CT molecular complexity index is 976. The fourth-order valence-electron chi connectivity index (χ4n) is 6.03. The molecule has 3 saturated heterocycles. The van der Waals surface area contributed by atoms with Gasteiger partial charge in [0.25, 0.3) is 0 Å². The third-order valence-corrected chi connectivity index (χ3v) is 7.59. The van der Waals surface area contributed by atoms with E-state index in [1.807, 2.05) is 6.08 Å². The van der Waals surface area contributed by atoms with Gasteiger partial charge in [0.15, 0.2) is 5.82 Å². The lowest BCUT2D eigenvalue weighted by Crippen LogP contribution is -2.66. The van der Waals surface area contributed by atoms with Crippen LogP contribution in [0.2, 0.25) is 0 Å². The van der Waals surface area contributed by atoms with E-state index in [1.54, 1.807) is 13.0 Å². The molecule has 6 atom stereocenters. The second-order valence-corrected chi connectivity index (χ2v) is 10.2. The van der Waals surface area contributed by atoms with Gasteiger partial charge in [0, 0.05) is 30.5 Å². The summed E-state index contributed by atoms with van der Waals surface area (Å²) < 4.78 is 5.12. The van der Waals surface area contributed by atoms with E-state index in [0.29, 0.717) is 24.5 Å². The lowest BCUT2D eigenvalue weighted by Gasteiger charge is -2.54. The Morgan fingerprint density at radius 3 is 2.58 bits per heavy atom. The smallest absolute Gasteiger partial charge is 0.240 e. The van der Waals surface area contributed by atoms with E-state index in [9.17, 15) is 14.4 Å². The molecule has 3 aliphatic heterocycles. The van der Waals surface area contributed by atoms with Gasteiger partial charge in [-0.15, -0.1) is 6.58 Å². The SMILES string of the molecule is C=CCC1C2C(=O)CC(C3C(=O)N(c4cc(C)on4)C(=O)C23)N1CC[C@@H](C)CCC=C(C)C. The van der Waals surface area contributed by atoms with Crippen LogP contribution in [0, 0.1) is 30.6 Å². The third-order valence-electron chi connectivity index (χ3n) is 7.59. The molecule has 0 aromatic carbocycles. The molecule has 2 amide bonds. The fraction of sp³-hybridized carbons (Fsp3) is 0.615. The second kappa shape index (κ2) is 9.37. The van der Waals surface area contributed by atoms with Crippen LogP contribution >= 0.6 is 0 Å². The number of carbonyl (C=O) groups excluding carboxylic acids is 3. The summed E-state index contributed by atoms with van der Waals surface area (Å²) in [6.07, 6.45) is 8.23. The van der Waals surface area contributed by atoms with Gasteiger partial charge in [-0.3, -0.25) is 19.3 Å². The maximum atomic E-state index is 13.5. The predicted molar refractivity (Wildman–Crippen MR) is 125 cm³/mol. The van der Waals surface area contributed by atoms with Crippen LogP contribution in [-0.2, 0) is 14.4 Å². The highest BCUT2D eigenvalue weighted by atomic mass is 16.5. The minimum Gasteiger partial charge on any atom is -0.360 e. The van der Waals surface area contributed by atoms with Crippen molar-refractivity contribution in [3.8, 4) is 0 Å². The summed E-state index contributed by atoms with van der Waals surface area (Å²) in [5.74, 6) is -0.765. The average Bonchev–Trinajstić information content (AvgIpc) is 3.28. The van der Waals surface area contributed by atoms with Gasteiger partial charge < -0.3 is 4.52 Å². The molecule has 5 unspecified atom stereocenters. The number of carbonyl (C=O) groups is 3. The first-order valence-corrected chi connectivity index (χ1v) is 12.1. The summed E-state index contributed by atoms with van der Waals surface area (Å²) >= 11 is 0. The quantitative estimate of drug-likeness (QED) is 0.414. The number of hydrogen-bond acceptors (Lipinski definition) is 6. The van der Waals surface area contributed by atoms with Gasteiger partial charge in [-0.25, -0.2) is 4.90 Å². The molecule has 0 radical (unpaired) electrons. The van der Waals surface area contributed by atoms with E-state index in [-0.39, 0.29) is 35.5 Å². The summed E-state index contributed by atoms with van der Waals surface area (Å²) in [6.45, 7) is 12.9. The summed E-state index contributed by atoms with van der Waals surface area (Å²) in [5, 5.41) is 3.91. The molecular formula is C26H35N3O4. The Labute approximate surface area is 195 Å². The zero-order chi connectivity index (χ0) is 23.9. The van der Waals surface area contributed by atoms with Crippen molar-refractivity contribution in [2.75, 3.05) is 11.4 Å². The van der Waals surface area contributed by atoms with Crippen molar-refractivity contribution < 1.29 is 18.9 Å². The molecular weight excluding hydrogens is 418 g/mol. The largest absolute Gasteiger partial charge is 0.360 e. The molecule has 2 bridgehead atoms. The fourth-order valence-corrected chi connectivity index (χ4v) is 6.03. The number of aryl methyl sites for hydroxylation is 1. The molecule has 33 heavy (non-hydrogen) atoms. The van der Waals surface area contributed by atoms with Crippen molar-refractivity contribution >= 4 is 23.4 Å². The number of rotatable bonds is 9. The van der Waals surface area contributed by atoms with Crippen molar-refractivity contribution in [3.63, 3.8) is 0 Å². The number of allylic oxidation sites excluding steroid dienone is 2. The highest BCUT2D eigenvalue weighted by Crippen LogP contribution is 2.51. The molecule has 1 aliphatic carbocycles. The van der Waals surface area contributed by atoms with E-state index >= 15 is 0 Å². The molecule has 0 spiro atoms. The van der Waals surface area contributed by atoms with Gasteiger partial charge in [0.2, 0.25) is 11.8 Å². The Balaban J connectivity index is 1.57. The van der Waals surface area contributed by atoms with Crippen molar-refractivity contribution in [1.82, 2.24) is 10.1 Å². The van der Waals surface area contributed by atoms with Crippen LogP contribution in [0.1, 0.15) is 58.6 Å². The molecule has 1 aromatic heterocycles. The topological polar surface area (TPSA) is 83.7 Å². The van der Waals surface area contributed by atoms with E-state index in [4.69, 9.17) is 4.52 Å². The van der Waals surface area contributed by atoms with E-state index in [2.05, 4.69) is 43.5 Å². The number of Topliss-reactive ketones (excluding diaryl/α,β-unsaturated/α-hetero) is 1. The summed E-state index contributed by atoms with van der Waals surface area (Å²) in [4.78, 5) is 43.5. The van der Waals surface area contributed by atoms with Gasteiger partial charge in [0.1, 0.15) is 11.5 Å². The number of imide groups is 1. The number of fused-ring (bicyclic) bond motifs is 2. The Morgan fingerprint density at radius 2 is 1.94 bits per heavy atom. The number of aromatic nitrogens is 1. The first-order valence-electron chi connectivity index (χ1n) is 12.1. The molecule has 1 aromatic rings. The van der Waals surface area contributed by atoms with Crippen LogP contribution in [0.4, 0.5) is 5.82 Å². The van der Waals surface area contributed by atoms with Crippen LogP contribution < -0.4 is 4.90 Å². The zero-order valence-electron chi connectivity index (χ0n) is 20.1. The van der Waals surface area contributed by atoms with E-state index in [1.165, 1.54) is 5.57 Å². The maximum absolute atomic E-state index is 13.5. The van der Waals surface area contributed by atoms with E-state index < -0.39 is 17.8 Å². The molecule has 7 heteroatoms. The average molecular weight is 454 g/mol. The Kier molecular flexibility index (Phi) is 6.71. The normalized spacial score (nSPS) is 30.0. The number of ketones is 1. The second-order valence-electron chi connectivity index (χ2n) is 10.2. The van der Waals surface area contributed by atoms with E-state index in [0.717, 1.165) is 30.7 Å². The van der Waals surface area contributed by atoms with Crippen molar-refractivity contribution in [3.05, 3.63) is 36.1 Å². The summed E-state index contributed by atoms with van der Waals surface area (Å²) in [7, 11) is 0. The van der Waals surface area contributed by atoms with Crippen LogP contribution in [-0.4, -0.2) is 46.3 Å². The summed E-state index contributed by atoms with van der Waals surface area (Å²) in [5.41, 5.74) is 1.34. The third kappa shape index (κ3) is 4.23. The van der Waals surface area contributed by atoms with Gasteiger partial charge in [-0.2, -0.15) is 0 Å². The van der Waals surface area contributed by atoms with Gasteiger partial charge in [-0.05, 0) is 58.9 Å². The molecule has 5 rings (SSSR count). The predicted octanol–water partition coefficient (Wildman–Crippen LogP) is 4.08. The van der Waals surface area contributed by atoms with Crippen LogP contribution in [0.5, 0.6) is 0 Å². The number of hydrogen-bond donors (Lipinski definition) is 0. The minimum absolute atomic E-state index is 0.0873. The van der Waals surface area contributed by atoms with Gasteiger partial charge >= 0.3 is 0 Å². The number of nitrogens with zero attached hydrogens (tertiary/aromatic N) is 3. The molecule has 0 N–H and O–H groups in total. The minimum atomic E-state index is -0.614. The molecule has 178 valence electrons. The van der Waals surface area contributed by atoms with Crippen molar-refractivity contribution in [2.45, 2.75) is 71.9 Å². The number of piperidine rings is 2. The molecule has 1 saturated carbocycles. The molecule has 4 fully saturated rings. The molecule has 7 nitrogen and oxygen atoms in total. The molecule has 4 aliphatic rings. The standard InChI is InChI=1S/C26H35N3O4/c1-6-8-18-22-20(30)14-19(28(18)12-11-16(4)10-7-9-15(2)3)23-24(22)26(32)29(25(23)31)21-13-17(5)33-27-21/h6,9,13,16,18-19,22-24H,1,7-8,10-12,14H2,2-5H3/t16-,18?,19?,22?,23?,24?/m0/s1. The van der Waals surface area contributed by atoms with Gasteiger partial charge in [0.05, 0.1) is 11.8 Å². The van der Waals surface area contributed by atoms with Crippen LogP contribution in [0.25, 0.3) is 0 Å². The first kappa shape index (κ1) is 23.6. The van der Waals surface area contributed by atoms with Crippen LogP contribution in [0.15, 0.2) is 34.9 Å². The Morgan fingerprint density at radius 1 is 1.21 bits per heavy atom. The van der Waals surface area contributed by atoms with Crippen LogP contribution in [0.3, 0.4) is 0 Å². The zero-order valence-corrected chi connectivity index (χ0v) is 20.1. The monoisotopic (exact) mass is 453 g/mol. The lowest BCUT2D eigenvalue weighted by molar-refractivity contribution is -0.157. The highest BCUT2D eigenvalue weighted by Gasteiger charge is 2.66.